The average molecular weight is 269 g/mol. The van der Waals surface area contributed by atoms with Crippen LogP contribution in [0.25, 0.3) is 0 Å². The maximum atomic E-state index is 12.7. The summed E-state index contributed by atoms with van der Waals surface area (Å²) in [4.78, 5) is 37.6. The van der Waals surface area contributed by atoms with Crippen molar-refractivity contribution in [3.63, 3.8) is 0 Å². The Morgan fingerprint density at radius 3 is 2.32 bits per heavy atom. The Balaban J connectivity index is 2.67. The van der Waals surface area contributed by atoms with Crippen molar-refractivity contribution in [2.45, 2.75) is 13.0 Å². The second kappa shape index (κ2) is 6.60. The second-order valence-electron chi connectivity index (χ2n) is 3.64. The Kier molecular flexibility index (Phi) is 5.13. The SMILES string of the molecule is CON(Cc1ccc(F)cc1)C(=O)CC(=O)C(=O)O. The number of Topliss-reactive ketones (excluding diaryl/α,β-unsaturated/α-hetero) is 1. The number of rotatable bonds is 6. The molecule has 6 nitrogen and oxygen atoms in total. The van der Waals surface area contributed by atoms with Crippen LogP contribution in [0.4, 0.5) is 4.39 Å². The number of carbonyl (C=O) groups excluding carboxylic acids is 2. The Hall–Kier alpha value is -2.28. The van der Waals surface area contributed by atoms with Crippen molar-refractivity contribution in [3.8, 4) is 0 Å². The van der Waals surface area contributed by atoms with E-state index in [-0.39, 0.29) is 6.54 Å². The quantitative estimate of drug-likeness (QED) is 0.468. The van der Waals surface area contributed by atoms with Crippen LogP contribution in [0.3, 0.4) is 0 Å². The van der Waals surface area contributed by atoms with Gasteiger partial charge in [-0.15, -0.1) is 0 Å². The number of carboxylic acid groups (broad SMARTS) is 1. The van der Waals surface area contributed by atoms with Crippen LogP contribution in [-0.2, 0) is 25.8 Å². The number of carbonyl (C=O) groups is 3. The molecule has 0 fully saturated rings. The summed E-state index contributed by atoms with van der Waals surface area (Å²) in [6, 6.07) is 5.34. The molecule has 1 aromatic carbocycles. The van der Waals surface area contributed by atoms with Gasteiger partial charge in [-0.25, -0.2) is 14.2 Å². The number of carboxylic acids is 1. The molecule has 0 aliphatic rings. The molecule has 0 bridgehead atoms. The Labute approximate surface area is 108 Å². The standard InChI is InChI=1S/C12H12FNO5/c1-19-14(11(16)6-10(15)12(17)18)7-8-2-4-9(13)5-3-8/h2-5H,6-7H2,1H3,(H,17,18). The van der Waals surface area contributed by atoms with Gasteiger partial charge in [0.05, 0.1) is 20.1 Å². The number of amides is 1. The molecule has 0 saturated heterocycles. The smallest absolute Gasteiger partial charge is 0.372 e. The van der Waals surface area contributed by atoms with Crippen molar-refractivity contribution >= 4 is 17.7 Å². The van der Waals surface area contributed by atoms with Gasteiger partial charge in [-0.1, -0.05) is 12.1 Å². The van der Waals surface area contributed by atoms with Crippen LogP contribution in [0.5, 0.6) is 0 Å². The fraction of sp³-hybridized carbons (Fsp3) is 0.250. The lowest BCUT2D eigenvalue weighted by Crippen LogP contribution is -2.32. The molecular weight excluding hydrogens is 257 g/mol. The summed E-state index contributed by atoms with van der Waals surface area (Å²) >= 11 is 0. The Morgan fingerprint density at radius 2 is 1.84 bits per heavy atom. The van der Waals surface area contributed by atoms with E-state index in [2.05, 4.69) is 0 Å². The zero-order valence-electron chi connectivity index (χ0n) is 10.1. The minimum absolute atomic E-state index is 0.0114. The van der Waals surface area contributed by atoms with Gasteiger partial charge in [0.25, 0.3) is 5.91 Å². The van der Waals surface area contributed by atoms with Crippen LogP contribution >= 0.6 is 0 Å². The lowest BCUT2D eigenvalue weighted by molar-refractivity contribution is -0.180. The monoisotopic (exact) mass is 269 g/mol. The van der Waals surface area contributed by atoms with Gasteiger partial charge in [0.2, 0.25) is 5.78 Å². The summed E-state index contributed by atoms with van der Waals surface area (Å²) in [6.45, 7) is -0.0114. The number of ketones is 1. The minimum Gasteiger partial charge on any atom is -0.475 e. The first-order chi connectivity index (χ1) is 8.93. The third-order valence-corrected chi connectivity index (χ3v) is 2.29. The first kappa shape index (κ1) is 14.8. The van der Waals surface area contributed by atoms with Gasteiger partial charge in [0.1, 0.15) is 5.82 Å². The molecule has 0 saturated carbocycles. The summed E-state index contributed by atoms with van der Waals surface area (Å²) in [5, 5.41) is 9.24. The van der Waals surface area contributed by atoms with E-state index >= 15 is 0 Å². The van der Waals surface area contributed by atoms with Crippen molar-refractivity contribution in [2.24, 2.45) is 0 Å². The molecule has 1 amide bonds. The molecule has 1 aromatic rings. The molecule has 0 spiro atoms. The topological polar surface area (TPSA) is 83.9 Å². The minimum atomic E-state index is -1.67. The van der Waals surface area contributed by atoms with Gasteiger partial charge >= 0.3 is 5.97 Å². The summed E-state index contributed by atoms with van der Waals surface area (Å²) in [5.41, 5.74) is 0.583. The van der Waals surface area contributed by atoms with E-state index in [1.54, 1.807) is 0 Å². The number of hydrogen-bond donors (Lipinski definition) is 1. The molecule has 19 heavy (non-hydrogen) atoms. The fourth-order valence-electron chi connectivity index (χ4n) is 1.31. The van der Waals surface area contributed by atoms with E-state index < -0.39 is 29.9 Å². The number of hydrogen-bond acceptors (Lipinski definition) is 4. The number of halogens is 1. The van der Waals surface area contributed by atoms with Crippen LogP contribution in [-0.4, -0.2) is 34.9 Å². The molecular formula is C12H12FNO5. The van der Waals surface area contributed by atoms with Crippen LogP contribution in [0.15, 0.2) is 24.3 Å². The highest BCUT2D eigenvalue weighted by Crippen LogP contribution is 2.08. The molecule has 0 unspecified atom stereocenters. The van der Waals surface area contributed by atoms with Gasteiger partial charge in [-0.2, -0.15) is 0 Å². The summed E-state index contributed by atoms with van der Waals surface area (Å²) in [7, 11) is 1.21. The third-order valence-electron chi connectivity index (χ3n) is 2.29. The molecule has 102 valence electrons. The first-order valence-corrected chi connectivity index (χ1v) is 5.29. The molecule has 0 aromatic heterocycles. The molecule has 7 heteroatoms. The lowest BCUT2D eigenvalue weighted by atomic mass is 10.2. The fourth-order valence-corrected chi connectivity index (χ4v) is 1.31. The van der Waals surface area contributed by atoms with Crippen LogP contribution in [0.2, 0.25) is 0 Å². The van der Waals surface area contributed by atoms with Gasteiger partial charge in [-0.3, -0.25) is 14.4 Å². The largest absolute Gasteiger partial charge is 0.475 e. The molecule has 1 rings (SSSR count). The van der Waals surface area contributed by atoms with Crippen LogP contribution in [0, 0.1) is 5.82 Å². The van der Waals surface area contributed by atoms with Crippen LogP contribution in [0.1, 0.15) is 12.0 Å². The summed E-state index contributed by atoms with van der Waals surface area (Å²) < 4.78 is 12.7. The number of benzene rings is 1. The molecule has 0 atom stereocenters. The molecule has 1 N–H and O–H groups in total. The van der Waals surface area contributed by atoms with E-state index in [4.69, 9.17) is 9.94 Å². The van der Waals surface area contributed by atoms with E-state index in [1.165, 1.54) is 31.4 Å². The first-order valence-electron chi connectivity index (χ1n) is 5.29. The molecule has 0 radical (unpaired) electrons. The number of aliphatic carboxylic acids is 1. The van der Waals surface area contributed by atoms with Crippen molar-refractivity contribution < 1.29 is 28.7 Å². The lowest BCUT2D eigenvalue weighted by Gasteiger charge is -2.19. The molecule has 0 aliphatic carbocycles. The van der Waals surface area contributed by atoms with Gasteiger partial charge < -0.3 is 5.11 Å². The highest BCUT2D eigenvalue weighted by atomic mass is 19.1. The van der Waals surface area contributed by atoms with Crippen molar-refractivity contribution in [3.05, 3.63) is 35.6 Å². The van der Waals surface area contributed by atoms with E-state index in [0.717, 1.165) is 5.06 Å². The molecule has 0 heterocycles. The second-order valence-corrected chi connectivity index (χ2v) is 3.64. The maximum Gasteiger partial charge on any atom is 0.372 e. The third kappa shape index (κ3) is 4.47. The zero-order chi connectivity index (χ0) is 14.4. The van der Waals surface area contributed by atoms with Crippen molar-refractivity contribution in [2.75, 3.05) is 7.11 Å². The highest BCUT2D eigenvalue weighted by molar-refractivity contribution is 6.36. The summed E-state index contributed by atoms with van der Waals surface area (Å²) in [6.07, 6.45) is -0.787. The van der Waals surface area contributed by atoms with E-state index in [1.807, 2.05) is 0 Å². The van der Waals surface area contributed by atoms with E-state index in [0.29, 0.717) is 5.56 Å². The predicted molar refractivity (Wildman–Crippen MR) is 61.2 cm³/mol. The van der Waals surface area contributed by atoms with E-state index in [9.17, 15) is 18.8 Å². The molecule has 0 aliphatic heterocycles. The Morgan fingerprint density at radius 1 is 1.26 bits per heavy atom. The van der Waals surface area contributed by atoms with Gasteiger partial charge in [-0.05, 0) is 17.7 Å². The maximum absolute atomic E-state index is 12.7. The van der Waals surface area contributed by atoms with Crippen molar-refractivity contribution in [1.29, 1.82) is 0 Å². The van der Waals surface area contributed by atoms with Gasteiger partial charge in [0, 0.05) is 0 Å². The van der Waals surface area contributed by atoms with Crippen LogP contribution < -0.4 is 0 Å². The number of hydroxylamine groups is 2. The Bertz CT molecular complexity index is 485. The zero-order valence-corrected chi connectivity index (χ0v) is 10.1. The predicted octanol–water partition coefficient (Wildman–Crippen LogP) is 0.759. The normalized spacial score (nSPS) is 10.0. The van der Waals surface area contributed by atoms with Gasteiger partial charge in [0.15, 0.2) is 0 Å². The summed E-state index contributed by atoms with van der Waals surface area (Å²) in [5.74, 6) is -4.09. The van der Waals surface area contributed by atoms with Crippen molar-refractivity contribution in [1.82, 2.24) is 5.06 Å². The number of nitrogens with zero attached hydrogens (tertiary/aromatic N) is 1. The average Bonchev–Trinajstić information content (AvgIpc) is 2.37. The highest BCUT2D eigenvalue weighted by Gasteiger charge is 2.21.